The van der Waals surface area contributed by atoms with Crippen molar-refractivity contribution in [3.63, 3.8) is 0 Å². The number of rotatable bonds is 8. The number of carbonyl (C=O) groups excluding carboxylic acids is 2. The number of anilines is 1. The van der Waals surface area contributed by atoms with Gasteiger partial charge in [0.25, 0.3) is 5.91 Å². The van der Waals surface area contributed by atoms with Gasteiger partial charge in [0.15, 0.2) is 0 Å². The second-order valence-corrected chi connectivity index (χ2v) is 8.07. The van der Waals surface area contributed by atoms with E-state index in [1.165, 1.54) is 22.7 Å². The van der Waals surface area contributed by atoms with Crippen LogP contribution in [-0.4, -0.2) is 35.0 Å². The van der Waals surface area contributed by atoms with Crippen LogP contribution in [0.25, 0.3) is 0 Å². The van der Waals surface area contributed by atoms with Crippen LogP contribution in [0.5, 0.6) is 0 Å². The van der Waals surface area contributed by atoms with Crippen molar-refractivity contribution >= 4 is 29.3 Å². The molecule has 0 aliphatic rings. The van der Waals surface area contributed by atoms with Gasteiger partial charge in [0.2, 0.25) is 5.91 Å². The molecule has 1 heterocycles. The van der Waals surface area contributed by atoms with Crippen LogP contribution in [0.15, 0.2) is 51.9 Å². The summed E-state index contributed by atoms with van der Waals surface area (Å²) in [6.45, 7) is 5.33. The summed E-state index contributed by atoms with van der Waals surface area (Å²) < 4.78 is 32.8. The fourth-order valence-electron chi connectivity index (χ4n) is 3.09. The van der Waals surface area contributed by atoms with E-state index in [1.54, 1.807) is 19.1 Å². The molecule has 168 valence electrons. The summed E-state index contributed by atoms with van der Waals surface area (Å²) in [7, 11) is 0. The minimum absolute atomic E-state index is 0.245. The van der Waals surface area contributed by atoms with Gasteiger partial charge in [0.1, 0.15) is 29.6 Å². The van der Waals surface area contributed by atoms with Gasteiger partial charge >= 0.3 is 0 Å². The third kappa shape index (κ3) is 5.34. The average molecular weight is 460 g/mol. The van der Waals surface area contributed by atoms with Crippen LogP contribution in [0.4, 0.5) is 14.5 Å². The highest BCUT2D eigenvalue weighted by molar-refractivity contribution is 7.98. The van der Waals surface area contributed by atoms with E-state index in [-0.39, 0.29) is 19.0 Å². The van der Waals surface area contributed by atoms with E-state index < -0.39 is 23.2 Å². The maximum atomic E-state index is 13.8. The molecule has 0 bridgehead atoms. The number of halogens is 2. The first-order valence-electron chi connectivity index (χ1n) is 9.98. The lowest BCUT2D eigenvalue weighted by Crippen LogP contribution is -2.38. The van der Waals surface area contributed by atoms with Crippen molar-refractivity contribution in [1.82, 2.24) is 10.1 Å². The highest BCUT2D eigenvalue weighted by Gasteiger charge is 2.22. The Bertz CT molecular complexity index is 1090. The lowest BCUT2D eigenvalue weighted by Gasteiger charge is -2.22. The number of hydrogen-bond donors (Lipinski definition) is 1. The molecule has 0 spiro atoms. The summed E-state index contributed by atoms with van der Waals surface area (Å²) >= 11 is 1.47. The first-order valence-corrected chi connectivity index (χ1v) is 11.0. The molecule has 3 aromatic rings. The van der Waals surface area contributed by atoms with Gasteiger partial charge < -0.3 is 14.7 Å². The standard InChI is InChI=1S/C23H23F2N3O3S/c1-4-28(12-21(29)26-22-18(24)9-7-10-19(22)25)23(30)16-8-5-6-11-20(16)32-13-17-14(2)27-31-15(17)3/h5-11H,4,12-13H2,1-3H3,(H,26,29). The Morgan fingerprint density at radius 2 is 1.78 bits per heavy atom. The van der Waals surface area contributed by atoms with Crippen LogP contribution in [0.3, 0.4) is 0 Å². The maximum Gasteiger partial charge on any atom is 0.255 e. The van der Waals surface area contributed by atoms with Gasteiger partial charge in [0, 0.05) is 22.8 Å². The third-order valence-corrected chi connectivity index (χ3v) is 6.00. The Morgan fingerprint density at radius 3 is 2.41 bits per heavy atom. The molecule has 32 heavy (non-hydrogen) atoms. The summed E-state index contributed by atoms with van der Waals surface area (Å²) in [6, 6.07) is 10.4. The molecular weight excluding hydrogens is 436 g/mol. The van der Waals surface area contributed by atoms with Crippen molar-refractivity contribution in [3.05, 3.63) is 76.7 Å². The van der Waals surface area contributed by atoms with E-state index in [0.29, 0.717) is 11.3 Å². The van der Waals surface area contributed by atoms with Crippen molar-refractivity contribution in [2.24, 2.45) is 0 Å². The van der Waals surface area contributed by atoms with Gasteiger partial charge in [-0.1, -0.05) is 23.4 Å². The lowest BCUT2D eigenvalue weighted by atomic mass is 10.2. The molecule has 3 rings (SSSR count). The van der Waals surface area contributed by atoms with Crippen molar-refractivity contribution in [3.8, 4) is 0 Å². The van der Waals surface area contributed by atoms with Crippen molar-refractivity contribution < 1.29 is 22.9 Å². The normalized spacial score (nSPS) is 10.8. The number of hydrogen-bond acceptors (Lipinski definition) is 5. The van der Waals surface area contributed by atoms with Crippen LogP contribution < -0.4 is 5.32 Å². The van der Waals surface area contributed by atoms with Crippen molar-refractivity contribution in [2.75, 3.05) is 18.4 Å². The second kappa shape index (κ2) is 10.4. The number of nitrogens with zero attached hydrogens (tertiary/aromatic N) is 2. The van der Waals surface area contributed by atoms with E-state index in [2.05, 4.69) is 10.5 Å². The predicted octanol–water partition coefficient (Wildman–Crippen LogP) is 4.96. The molecule has 1 N–H and O–H groups in total. The molecule has 0 fully saturated rings. The quantitative estimate of drug-likeness (QED) is 0.482. The van der Waals surface area contributed by atoms with E-state index >= 15 is 0 Å². The third-order valence-electron chi connectivity index (χ3n) is 4.90. The highest BCUT2D eigenvalue weighted by Crippen LogP contribution is 2.29. The zero-order chi connectivity index (χ0) is 23.3. The molecule has 0 unspecified atom stereocenters. The van der Waals surface area contributed by atoms with E-state index in [1.807, 2.05) is 26.0 Å². The molecule has 0 saturated heterocycles. The SMILES string of the molecule is CCN(CC(=O)Nc1c(F)cccc1F)C(=O)c1ccccc1SCc1c(C)noc1C. The van der Waals surface area contributed by atoms with Crippen LogP contribution in [0.1, 0.15) is 34.3 Å². The number of likely N-dealkylation sites (N-methyl/N-ethyl adjacent to an activating group) is 1. The molecule has 2 amide bonds. The topological polar surface area (TPSA) is 75.4 Å². The molecule has 1 aromatic heterocycles. The zero-order valence-electron chi connectivity index (χ0n) is 17.9. The number of aromatic nitrogens is 1. The number of thioether (sulfide) groups is 1. The lowest BCUT2D eigenvalue weighted by molar-refractivity contribution is -0.116. The molecule has 6 nitrogen and oxygen atoms in total. The van der Waals surface area contributed by atoms with E-state index in [4.69, 9.17) is 4.52 Å². The van der Waals surface area contributed by atoms with Gasteiger partial charge in [-0.05, 0) is 45.0 Å². The summed E-state index contributed by atoms with van der Waals surface area (Å²) in [5.74, 6) is -1.50. The Morgan fingerprint density at radius 1 is 1.09 bits per heavy atom. The highest BCUT2D eigenvalue weighted by atomic mass is 32.2. The molecule has 9 heteroatoms. The van der Waals surface area contributed by atoms with Gasteiger partial charge in [0.05, 0.1) is 11.3 Å². The van der Waals surface area contributed by atoms with Crippen LogP contribution >= 0.6 is 11.8 Å². The van der Waals surface area contributed by atoms with Gasteiger partial charge in [-0.2, -0.15) is 0 Å². The average Bonchev–Trinajstić information content (AvgIpc) is 3.10. The minimum atomic E-state index is -0.881. The first-order chi connectivity index (χ1) is 15.3. The van der Waals surface area contributed by atoms with E-state index in [9.17, 15) is 18.4 Å². The number of nitrogens with one attached hydrogen (secondary N) is 1. The Hall–Kier alpha value is -3.20. The number of benzene rings is 2. The molecule has 0 aliphatic carbocycles. The van der Waals surface area contributed by atoms with Gasteiger partial charge in [-0.25, -0.2) is 8.78 Å². The van der Waals surface area contributed by atoms with Crippen molar-refractivity contribution in [2.45, 2.75) is 31.4 Å². The summed E-state index contributed by atoms with van der Waals surface area (Å²) in [5, 5.41) is 6.16. The molecule has 0 saturated carbocycles. The Labute approximate surface area is 189 Å². The van der Waals surface area contributed by atoms with Crippen molar-refractivity contribution in [1.29, 1.82) is 0 Å². The number of aryl methyl sites for hydroxylation is 2. The minimum Gasteiger partial charge on any atom is -0.361 e. The summed E-state index contributed by atoms with van der Waals surface area (Å²) in [4.78, 5) is 27.6. The maximum absolute atomic E-state index is 13.8. The smallest absolute Gasteiger partial charge is 0.255 e. The number of carbonyl (C=O) groups is 2. The van der Waals surface area contributed by atoms with Crippen LogP contribution in [0, 0.1) is 25.5 Å². The van der Waals surface area contributed by atoms with E-state index in [0.717, 1.165) is 34.0 Å². The number of para-hydroxylation sites is 1. The first kappa shape index (κ1) is 23.5. The monoisotopic (exact) mass is 459 g/mol. The Kier molecular flexibility index (Phi) is 7.63. The predicted molar refractivity (Wildman–Crippen MR) is 119 cm³/mol. The Balaban J connectivity index is 1.73. The molecule has 0 atom stereocenters. The van der Waals surface area contributed by atoms with Crippen LogP contribution in [-0.2, 0) is 10.5 Å². The summed E-state index contributed by atoms with van der Waals surface area (Å²) in [6.07, 6.45) is 0. The fraction of sp³-hybridized carbons (Fsp3) is 0.261. The molecule has 2 aromatic carbocycles. The zero-order valence-corrected chi connectivity index (χ0v) is 18.8. The van der Waals surface area contributed by atoms with Gasteiger partial charge in [-0.3, -0.25) is 9.59 Å². The molecule has 0 radical (unpaired) electrons. The molecular formula is C23H23F2N3O3S. The van der Waals surface area contributed by atoms with Gasteiger partial charge in [-0.15, -0.1) is 11.8 Å². The molecule has 0 aliphatic heterocycles. The van der Waals surface area contributed by atoms with Crippen LogP contribution in [0.2, 0.25) is 0 Å². The second-order valence-electron chi connectivity index (χ2n) is 7.05. The largest absolute Gasteiger partial charge is 0.361 e. The number of amides is 2. The summed E-state index contributed by atoms with van der Waals surface area (Å²) in [5.41, 5.74) is 1.68. The fourth-order valence-corrected chi connectivity index (χ4v) is 4.29.